The molecule has 0 spiro atoms. The Kier molecular flexibility index (Phi) is 4.82. The number of nitriles is 1. The van der Waals surface area contributed by atoms with E-state index >= 15 is 0 Å². The number of nitro benzene ring substituents is 1. The fourth-order valence-corrected chi connectivity index (χ4v) is 3.41. The molecule has 3 rings (SSSR count). The standard InChI is InChI=1S/C18H13N3O4S/c1-24-15-9-11(8-14(21(22)23)17(15)25-2)7-12(10-19)18-20-13-5-3-4-6-16(13)26-18/h3-9H,1-2H3/b12-7-. The molecule has 0 aliphatic carbocycles. The quantitative estimate of drug-likeness (QED) is 0.379. The molecule has 0 atom stereocenters. The van der Waals surface area contributed by atoms with Crippen LogP contribution in [-0.4, -0.2) is 24.1 Å². The van der Waals surface area contributed by atoms with Crippen molar-refractivity contribution in [2.24, 2.45) is 0 Å². The smallest absolute Gasteiger partial charge is 0.315 e. The molecular formula is C18H13N3O4S. The zero-order chi connectivity index (χ0) is 18.7. The van der Waals surface area contributed by atoms with Gasteiger partial charge >= 0.3 is 5.69 Å². The fraction of sp³-hybridized carbons (Fsp3) is 0.111. The number of thiazole rings is 1. The van der Waals surface area contributed by atoms with E-state index in [-0.39, 0.29) is 17.2 Å². The summed E-state index contributed by atoms with van der Waals surface area (Å²) >= 11 is 1.39. The summed E-state index contributed by atoms with van der Waals surface area (Å²) in [5.41, 5.74) is 1.32. The number of aromatic nitrogens is 1. The number of ether oxygens (including phenoxy) is 2. The number of para-hydroxylation sites is 1. The van der Waals surface area contributed by atoms with Gasteiger partial charge in [-0.2, -0.15) is 5.26 Å². The fourth-order valence-electron chi connectivity index (χ4n) is 2.48. The first-order valence-corrected chi connectivity index (χ1v) is 8.27. The van der Waals surface area contributed by atoms with Crippen LogP contribution in [0.15, 0.2) is 36.4 Å². The van der Waals surface area contributed by atoms with Gasteiger partial charge in [-0.15, -0.1) is 11.3 Å². The normalized spacial score (nSPS) is 11.2. The van der Waals surface area contributed by atoms with Gasteiger partial charge in [0.1, 0.15) is 11.1 Å². The lowest BCUT2D eigenvalue weighted by Crippen LogP contribution is -1.98. The van der Waals surface area contributed by atoms with Crippen LogP contribution in [0.25, 0.3) is 21.9 Å². The molecule has 0 N–H and O–H groups in total. The third-order valence-electron chi connectivity index (χ3n) is 3.63. The third kappa shape index (κ3) is 3.20. The monoisotopic (exact) mass is 367 g/mol. The second kappa shape index (κ2) is 7.21. The lowest BCUT2D eigenvalue weighted by molar-refractivity contribution is -0.385. The second-order valence-electron chi connectivity index (χ2n) is 5.19. The second-order valence-corrected chi connectivity index (χ2v) is 6.22. The summed E-state index contributed by atoms with van der Waals surface area (Å²) in [6.45, 7) is 0. The topological polar surface area (TPSA) is 98.3 Å². The predicted molar refractivity (Wildman–Crippen MR) is 99.3 cm³/mol. The Bertz CT molecular complexity index is 1030. The number of nitro groups is 1. The molecule has 0 bridgehead atoms. The first kappa shape index (κ1) is 17.4. The van der Waals surface area contributed by atoms with E-state index in [9.17, 15) is 15.4 Å². The number of hydrogen-bond acceptors (Lipinski definition) is 7. The zero-order valence-electron chi connectivity index (χ0n) is 13.9. The van der Waals surface area contributed by atoms with E-state index in [4.69, 9.17) is 9.47 Å². The molecule has 7 nitrogen and oxygen atoms in total. The minimum atomic E-state index is -0.553. The molecule has 3 aromatic rings. The van der Waals surface area contributed by atoms with Crippen molar-refractivity contribution in [2.45, 2.75) is 0 Å². The summed E-state index contributed by atoms with van der Waals surface area (Å²) in [4.78, 5) is 15.2. The number of nitrogens with zero attached hydrogens (tertiary/aromatic N) is 3. The van der Waals surface area contributed by atoms with Crippen LogP contribution >= 0.6 is 11.3 Å². The summed E-state index contributed by atoms with van der Waals surface area (Å²) in [5.74, 6) is 0.252. The van der Waals surface area contributed by atoms with E-state index in [0.717, 1.165) is 10.2 Å². The Balaban J connectivity index is 2.13. The highest BCUT2D eigenvalue weighted by Gasteiger charge is 2.21. The average Bonchev–Trinajstić information content (AvgIpc) is 3.09. The van der Waals surface area contributed by atoms with Crippen molar-refractivity contribution in [2.75, 3.05) is 14.2 Å². The first-order chi connectivity index (χ1) is 12.6. The Labute approximate surface area is 152 Å². The molecule has 0 aliphatic rings. The first-order valence-electron chi connectivity index (χ1n) is 7.45. The van der Waals surface area contributed by atoms with Gasteiger partial charge in [-0.25, -0.2) is 4.98 Å². The number of methoxy groups -OCH3 is 2. The average molecular weight is 367 g/mol. The highest BCUT2D eigenvalue weighted by molar-refractivity contribution is 7.19. The molecular weight excluding hydrogens is 354 g/mol. The summed E-state index contributed by atoms with van der Waals surface area (Å²) in [5, 5.41) is 21.4. The highest BCUT2D eigenvalue weighted by atomic mass is 32.1. The van der Waals surface area contributed by atoms with Gasteiger partial charge in [-0.1, -0.05) is 12.1 Å². The predicted octanol–water partition coefficient (Wildman–Crippen LogP) is 4.29. The van der Waals surface area contributed by atoms with E-state index in [2.05, 4.69) is 11.1 Å². The Morgan fingerprint density at radius 2 is 2.08 bits per heavy atom. The van der Waals surface area contributed by atoms with Crippen LogP contribution in [0, 0.1) is 21.4 Å². The van der Waals surface area contributed by atoms with E-state index < -0.39 is 4.92 Å². The summed E-state index contributed by atoms with van der Waals surface area (Å²) < 4.78 is 11.2. The van der Waals surface area contributed by atoms with Gasteiger partial charge in [0.2, 0.25) is 5.75 Å². The van der Waals surface area contributed by atoms with Gasteiger partial charge in [0.05, 0.1) is 34.9 Å². The van der Waals surface area contributed by atoms with Gasteiger partial charge < -0.3 is 9.47 Å². The van der Waals surface area contributed by atoms with Crippen molar-refractivity contribution < 1.29 is 14.4 Å². The van der Waals surface area contributed by atoms with E-state index in [1.807, 2.05) is 24.3 Å². The minimum Gasteiger partial charge on any atom is -0.493 e. The summed E-state index contributed by atoms with van der Waals surface area (Å²) in [7, 11) is 2.73. The van der Waals surface area contributed by atoms with Crippen LogP contribution in [0.4, 0.5) is 5.69 Å². The molecule has 0 unspecified atom stereocenters. The minimum absolute atomic E-state index is 0.0353. The maximum absolute atomic E-state index is 11.3. The number of hydrogen-bond donors (Lipinski definition) is 0. The molecule has 0 aliphatic heterocycles. The van der Waals surface area contributed by atoms with Crippen molar-refractivity contribution in [3.8, 4) is 17.6 Å². The van der Waals surface area contributed by atoms with Crippen molar-refractivity contribution >= 4 is 38.9 Å². The van der Waals surface area contributed by atoms with Crippen molar-refractivity contribution in [1.29, 1.82) is 5.26 Å². The molecule has 0 amide bonds. The molecule has 1 heterocycles. The van der Waals surface area contributed by atoms with Crippen LogP contribution in [0.2, 0.25) is 0 Å². The van der Waals surface area contributed by atoms with E-state index in [0.29, 0.717) is 16.1 Å². The largest absolute Gasteiger partial charge is 0.493 e. The van der Waals surface area contributed by atoms with Gasteiger partial charge in [0.25, 0.3) is 0 Å². The molecule has 0 fully saturated rings. The number of fused-ring (bicyclic) bond motifs is 1. The lowest BCUT2D eigenvalue weighted by atomic mass is 10.1. The Hall–Kier alpha value is -3.44. The number of benzene rings is 2. The van der Waals surface area contributed by atoms with Crippen LogP contribution in [0.3, 0.4) is 0 Å². The van der Waals surface area contributed by atoms with E-state index in [1.165, 1.54) is 31.6 Å². The van der Waals surface area contributed by atoms with Crippen LogP contribution < -0.4 is 9.47 Å². The van der Waals surface area contributed by atoms with Crippen LogP contribution in [-0.2, 0) is 0 Å². The van der Waals surface area contributed by atoms with Gasteiger partial charge in [-0.3, -0.25) is 10.1 Å². The maximum Gasteiger partial charge on any atom is 0.315 e. The number of allylic oxidation sites excluding steroid dienone is 1. The maximum atomic E-state index is 11.3. The van der Waals surface area contributed by atoms with Crippen molar-refractivity contribution in [1.82, 2.24) is 4.98 Å². The number of rotatable bonds is 5. The van der Waals surface area contributed by atoms with Gasteiger partial charge in [-0.05, 0) is 29.8 Å². The SMILES string of the molecule is COc1cc(/C=C(/C#N)c2nc3ccccc3s2)cc([N+](=O)[O-])c1OC. The molecule has 0 radical (unpaired) electrons. The van der Waals surface area contributed by atoms with Gasteiger partial charge in [0.15, 0.2) is 5.75 Å². The molecule has 2 aromatic carbocycles. The van der Waals surface area contributed by atoms with Crippen molar-refractivity contribution in [3.63, 3.8) is 0 Å². The van der Waals surface area contributed by atoms with Crippen LogP contribution in [0.1, 0.15) is 10.6 Å². The van der Waals surface area contributed by atoms with Gasteiger partial charge in [0, 0.05) is 6.07 Å². The molecule has 8 heteroatoms. The molecule has 0 saturated heterocycles. The molecule has 26 heavy (non-hydrogen) atoms. The van der Waals surface area contributed by atoms with E-state index in [1.54, 1.807) is 12.1 Å². The summed E-state index contributed by atoms with van der Waals surface area (Å²) in [6.07, 6.45) is 1.55. The zero-order valence-corrected chi connectivity index (χ0v) is 14.7. The third-order valence-corrected chi connectivity index (χ3v) is 4.70. The van der Waals surface area contributed by atoms with Crippen LogP contribution in [0.5, 0.6) is 11.5 Å². The molecule has 0 saturated carbocycles. The highest BCUT2D eigenvalue weighted by Crippen LogP contribution is 2.39. The molecule has 130 valence electrons. The molecule has 1 aromatic heterocycles. The Morgan fingerprint density at radius 3 is 2.69 bits per heavy atom. The van der Waals surface area contributed by atoms with Crippen molar-refractivity contribution in [3.05, 3.63) is 57.1 Å². The Morgan fingerprint density at radius 1 is 1.31 bits per heavy atom. The lowest BCUT2D eigenvalue weighted by Gasteiger charge is -2.09. The summed E-state index contributed by atoms with van der Waals surface area (Å²) in [6, 6.07) is 12.6.